The molecule has 1 heteroatoms. The predicted octanol–water partition coefficient (Wildman–Crippen LogP) is 4.16. The summed E-state index contributed by atoms with van der Waals surface area (Å²) in [6, 6.07) is 0. The van der Waals surface area contributed by atoms with Gasteiger partial charge < -0.3 is 0 Å². The first-order valence-electron chi connectivity index (χ1n) is 5.46. The van der Waals surface area contributed by atoms with Gasteiger partial charge in [0.2, 0.25) is 0 Å². The minimum absolute atomic E-state index is 0.115. The number of Topliss-reactive ketones (excluding diaryl/α,β-unsaturated/α-hetero) is 1. The van der Waals surface area contributed by atoms with E-state index in [4.69, 9.17) is 0 Å². The average molecular weight is 216 g/mol. The van der Waals surface area contributed by atoms with Crippen LogP contribution < -0.4 is 0 Å². The van der Waals surface area contributed by atoms with Gasteiger partial charge in [0.1, 0.15) is 0 Å². The normalized spacial score (nSPS) is 13.7. The molecule has 0 aliphatic carbocycles. The fourth-order valence-electron chi connectivity index (χ4n) is 1.31. The average Bonchev–Trinajstić information content (AvgIpc) is 2.28. The van der Waals surface area contributed by atoms with Crippen molar-refractivity contribution in [1.29, 1.82) is 0 Å². The van der Waals surface area contributed by atoms with Crippen LogP contribution in [-0.4, -0.2) is 5.78 Å². The van der Waals surface area contributed by atoms with Crippen LogP contribution in [0.2, 0.25) is 0 Å². The summed E-state index contributed by atoms with van der Waals surface area (Å²) in [6.45, 7) is 9.39. The van der Waals surface area contributed by atoms with Gasteiger partial charge in [0.15, 0.2) is 5.78 Å². The van der Waals surface area contributed by atoms with E-state index in [2.05, 4.69) is 6.58 Å². The highest BCUT2D eigenvalue weighted by molar-refractivity contribution is 5.99. The highest BCUT2D eigenvalue weighted by Gasteiger charge is 2.06. The van der Waals surface area contributed by atoms with Crippen LogP contribution in [-0.2, 0) is 4.79 Å². The number of ketones is 1. The third-order valence-corrected chi connectivity index (χ3v) is 2.08. The lowest BCUT2D eigenvalue weighted by Gasteiger charge is -2.02. The number of hydrogen-bond acceptors (Lipinski definition) is 1. The zero-order valence-electron chi connectivity index (χ0n) is 10.4. The summed E-state index contributed by atoms with van der Waals surface area (Å²) in [5, 5.41) is 0. The van der Waals surface area contributed by atoms with Gasteiger partial charge in [-0.2, -0.15) is 0 Å². The zero-order chi connectivity index (χ0) is 12.4. The van der Waals surface area contributed by atoms with Crippen molar-refractivity contribution < 1.29 is 4.79 Å². The maximum absolute atomic E-state index is 11.9. The van der Waals surface area contributed by atoms with Gasteiger partial charge in [-0.25, -0.2) is 0 Å². The molecular weight excluding hydrogens is 196 g/mol. The molecule has 0 aromatic rings. The Balaban J connectivity index is 4.78. The van der Waals surface area contributed by atoms with Gasteiger partial charge in [-0.1, -0.05) is 49.1 Å². The summed E-state index contributed by atoms with van der Waals surface area (Å²) >= 11 is 0. The van der Waals surface area contributed by atoms with Gasteiger partial charge in [-0.15, -0.1) is 0 Å². The zero-order valence-corrected chi connectivity index (χ0v) is 10.4. The molecule has 0 aliphatic rings. The highest BCUT2D eigenvalue weighted by atomic mass is 16.1. The summed E-state index contributed by atoms with van der Waals surface area (Å²) in [5.74, 6) is 0.115. The van der Waals surface area contributed by atoms with Gasteiger partial charge in [0.25, 0.3) is 0 Å². The molecule has 0 saturated heterocycles. The third kappa shape index (κ3) is 5.30. The third-order valence-electron chi connectivity index (χ3n) is 2.08. The molecule has 0 aromatic carbocycles. The van der Waals surface area contributed by atoms with Crippen LogP contribution in [0.4, 0.5) is 0 Å². The summed E-state index contributed by atoms with van der Waals surface area (Å²) in [5.41, 5.74) is 1.73. The Morgan fingerprint density at radius 1 is 1.12 bits per heavy atom. The van der Waals surface area contributed by atoms with Crippen molar-refractivity contribution in [3.8, 4) is 0 Å². The molecule has 0 spiro atoms. The maximum Gasteiger partial charge on any atom is 0.167 e. The molecule has 0 unspecified atom stereocenters. The van der Waals surface area contributed by atoms with Crippen LogP contribution in [0.15, 0.2) is 60.3 Å². The Hall–Kier alpha value is -1.63. The molecule has 0 bridgehead atoms. The molecule has 86 valence electrons. The largest absolute Gasteiger partial charge is 0.294 e. The Bertz CT molecular complexity index is 352. The monoisotopic (exact) mass is 216 g/mol. The fraction of sp³-hybridized carbons (Fsp3) is 0.267. The van der Waals surface area contributed by atoms with E-state index < -0.39 is 0 Å². The van der Waals surface area contributed by atoms with Crippen LogP contribution in [0.25, 0.3) is 0 Å². The molecule has 0 amide bonds. The fourth-order valence-corrected chi connectivity index (χ4v) is 1.31. The van der Waals surface area contributed by atoms with E-state index in [0.29, 0.717) is 12.0 Å². The Morgan fingerprint density at radius 3 is 2.19 bits per heavy atom. The number of hydrogen-bond donors (Lipinski definition) is 0. The summed E-state index contributed by atoms with van der Waals surface area (Å²) in [4.78, 5) is 11.9. The Labute approximate surface area is 98.6 Å². The maximum atomic E-state index is 11.9. The van der Waals surface area contributed by atoms with E-state index in [9.17, 15) is 4.79 Å². The van der Waals surface area contributed by atoms with E-state index in [1.165, 1.54) is 0 Å². The quantitative estimate of drug-likeness (QED) is 0.481. The van der Waals surface area contributed by atoms with Crippen LogP contribution in [0, 0.1) is 0 Å². The highest BCUT2D eigenvalue weighted by Crippen LogP contribution is 2.11. The second kappa shape index (κ2) is 8.66. The molecule has 0 saturated carbocycles. The van der Waals surface area contributed by atoms with Crippen LogP contribution in [0.5, 0.6) is 0 Å². The molecule has 0 rings (SSSR count). The summed E-state index contributed by atoms with van der Waals surface area (Å²) < 4.78 is 0. The van der Waals surface area contributed by atoms with Crippen molar-refractivity contribution in [2.75, 3.05) is 0 Å². The van der Waals surface area contributed by atoms with Gasteiger partial charge in [0.05, 0.1) is 0 Å². The van der Waals surface area contributed by atoms with E-state index in [1.807, 2.05) is 51.2 Å². The van der Waals surface area contributed by atoms with Gasteiger partial charge >= 0.3 is 0 Å². The summed E-state index contributed by atoms with van der Waals surface area (Å²) in [6.07, 6.45) is 13.3. The number of rotatable bonds is 6. The molecule has 0 radical (unpaired) electrons. The van der Waals surface area contributed by atoms with Crippen molar-refractivity contribution in [2.45, 2.75) is 27.2 Å². The first-order valence-corrected chi connectivity index (χ1v) is 5.46. The van der Waals surface area contributed by atoms with E-state index in [-0.39, 0.29) is 5.78 Å². The Morgan fingerprint density at radius 2 is 1.75 bits per heavy atom. The topological polar surface area (TPSA) is 17.1 Å². The smallest absolute Gasteiger partial charge is 0.167 e. The predicted molar refractivity (Wildman–Crippen MR) is 71.3 cm³/mol. The number of carbonyl (C=O) groups excluding carboxylic acids is 1. The van der Waals surface area contributed by atoms with Crippen molar-refractivity contribution in [3.05, 3.63) is 60.3 Å². The molecule has 0 atom stereocenters. The first kappa shape index (κ1) is 14.4. The SMILES string of the molecule is C=C/C=C(\C=C/C)C(=O)CC(/C=C\C)=C/C. The molecule has 0 fully saturated rings. The van der Waals surface area contributed by atoms with Gasteiger partial charge in [-0.05, 0) is 26.3 Å². The van der Waals surface area contributed by atoms with Crippen molar-refractivity contribution >= 4 is 5.78 Å². The lowest BCUT2D eigenvalue weighted by molar-refractivity contribution is -0.114. The van der Waals surface area contributed by atoms with E-state index in [1.54, 1.807) is 12.2 Å². The standard InChI is InChI=1S/C15H20O/c1-5-9-13(8-4)12-15(16)14(10-6-2)11-7-3/h5-11H,2,12H2,1,3-4H3/b9-5-,11-7-,13-8+,14-10+. The van der Waals surface area contributed by atoms with Crippen LogP contribution in [0.1, 0.15) is 27.2 Å². The molecule has 0 aliphatic heterocycles. The van der Waals surface area contributed by atoms with Crippen LogP contribution in [0.3, 0.4) is 0 Å². The molecular formula is C15H20O. The van der Waals surface area contributed by atoms with E-state index in [0.717, 1.165) is 5.57 Å². The Kier molecular flexibility index (Phi) is 7.78. The summed E-state index contributed by atoms with van der Waals surface area (Å²) in [7, 11) is 0. The van der Waals surface area contributed by atoms with E-state index >= 15 is 0 Å². The van der Waals surface area contributed by atoms with Gasteiger partial charge in [0, 0.05) is 12.0 Å². The number of allylic oxidation sites excluding steroid dienone is 9. The van der Waals surface area contributed by atoms with Crippen LogP contribution >= 0.6 is 0 Å². The minimum atomic E-state index is 0.115. The van der Waals surface area contributed by atoms with Crippen molar-refractivity contribution in [2.24, 2.45) is 0 Å². The molecule has 16 heavy (non-hydrogen) atoms. The van der Waals surface area contributed by atoms with Crippen molar-refractivity contribution in [3.63, 3.8) is 0 Å². The molecule has 0 heterocycles. The first-order chi connectivity index (χ1) is 7.69. The lowest BCUT2D eigenvalue weighted by Crippen LogP contribution is -2.01. The minimum Gasteiger partial charge on any atom is -0.294 e. The second-order valence-electron chi connectivity index (χ2n) is 3.32. The second-order valence-corrected chi connectivity index (χ2v) is 3.32. The van der Waals surface area contributed by atoms with Gasteiger partial charge in [-0.3, -0.25) is 4.79 Å². The number of carbonyl (C=O) groups is 1. The molecule has 0 aromatic heterocycles. The van der Waals surface area contributed by atoms with Crippen molar-refractivity contribution in [1.82, 2.24) is 0 Å². The molecule has 0 N–H and O–H groups in total. The lowest BCUT2D eigenvalue weighted by atomic mass is 10.0. The molecule has 1 nitrogen and oxygen atoms in total.